The molecule has 2 aromatic carbocycles. The van der Waals surface area contributed by atoms with Gasteiger partial charge < -0.3 is 15.4 Å². The molecule has 1 heterocycles. The van der Waals surface area contributed by atoms with Crippen LogP contribution < -0.4 is 15.4 Å². The summed E-state index contributed by atoms with van der Waals surface area (Å²) in [5, 5.41) is 0. The number of fused-ring (bicyclic) bond motifs is 1. The average molecular weight is 310 g/mol. The summed E-state index contributed by atoms with van der Waals surface area (Å²) in [5.74, 6) is 0.628. The van der Waals surface area contributed by atoms with E-state index in [2.05, 4.69) is 0 Å². The normalized spacial score (nSPS) is 15.9. The lowest BCUT2D eigenvalue weighted by Crippen LogP contribution is -2.38. The Hall–Kier alpha value is -2.33. The Morgan fingerprint density at radius 3 is 2.65 bits per heavy atom. The first-order valence-corrected chi connectivity index (χ1v) is 7.90. The standard InChI is InChI=1S/C19H22N2O2/c1-13(18(20)14-6-4-3-5-7-14)19(22)21-11-10-15-12-16(23-2)8-9-17(15)21/h3-9,12-13,18H,10-11,20H2,1-2H3. The molecule has 1 amide bonds. The van der Waals surface area contributed by atoms with Crippen LogP contribution in [-0.4, -0.2) is 19.6 Å². The van der Waals surface area contributed by atoms with Gasteiger partial charge in [0.05, 0.1) is 13.0 Å². The number of benzene rings is 2. The number of carbonyl (C=O) groups excluding carboxylic acids is 1. The van der Waals surface area contributed by atoms with Gasteiger partial charge in [-0.3, -0.25) is 4.79 Å². The lowest BCUT2D eigenvalue weighted by atomic mass is 9.94. The molecule has 2 unspecified atom stereocenters. The number of nitrogens with two attached hydrogens (primary N) is 1. The smallest absolute Gasteiger partial charge is 0.231 e. The van der Waals surface area contributed by atoms with Crippen LogP contribution in [0, 0.1) is 5.92 Å². The number of ether oxygens (including phenoxy) is 1. The van der Waals surface area contributed by atoms with Crippen molar-refractivity contribution in [3.8, 4) is 5.75 Å². The van der Waals surface area contributed by atoms with E-state index in [0.29, 0.717) is 6.54 Å². The molecule has 0 aromatic heterocycles. The van der Waals surface area contributed by atoms with Crippen molar-refractivity contribution >= 4 is 11.6 Å². The van der Waals surface area contributed by atoms with Crippen LogP contribution in [0.3, 0.4) is 0 Å². The van der Waals surface area contributed by atoms with E-state index in [9.17, 15) is 4.79 Å². The Balaban J connectivity index is 1.80. The number of carbonyl (C=O) groups is 1. The highest BCUT2D eigenvalue weighted by molar-refractivity contribution is 5.97. The lowest BCUT2D eigenvalue weighted by Gasteiger charge is -2.26. The summed E-state index contributed by atoms with van der Waals surface area (Å²) in [7, 11) is 1.65. The molecule has 1 aliphatic rings. The van der Waals surface area contributed by atoms with Gasteiger partial charge in [-0.2, -0.15) is 0 Å². The molecule has 0 radical (unpaired) electrons. The van der Waals surface area contributed by atoms with E-state index in [-0.39, 0.29) is 17.9 Å². The number of nitrogens with zero attached hydrogens (tertiary/aromatic N) is 1. The summed E-state index contributed by atoms with van der Waals surface area (Å²) in [4.78, 5) is 14.7. The zero-order valence-electron chi connectivity index (χ0n) is 13.5. The van der Waals surface area contributed by atoms with Gasteiger partial charge in [0.15, 0.2) is 0 Å². The van der Waals surface area contributed by atoms with Crippen molar-refractivity contribution in [1.82, 2.24) is 0 Å². The van der Waals surface area contributed by atoms with Gasteiger partial charge in [-0.1, -0.05) is 37.3 Å². The van der Waals surface area contributed by atoms with Crippen LogP contribution in [0.25, 0.3) is 0 Å². The molecule has 1 aliphatic heterocycles. The molecule has 120 valence electrons. The van der Waals surface area contributed by atoms with Crippen LogP contribution in [0.5, 0.6) is 5.75 Å². The third-order valence-electron chi connectivity index (χ3n) is 4.56. The van der Waals surface area contributed by atoms with Crippen molar-refractivity contribution in [1.29, 1.82) is 0 Å². The van der Waals surface area contributed by atoms with E-state index in [4.69, 9.17) is 10.5 Å². The van der Waals surface area contributed by atoms with Crippen molar-refractivity contribution in [3.05, 3.63) is 59.7 Å². The van der Waals surface area contributed by atoms with Gasteiger partial charge in [-0.25, -0.2) is 0 Å². The monoisotopic (exact) mass is 310 g/mol. The van der Waals surface area contributed by atoms with Gasteiger partial charge in [-0.05, 0) is 35.7 Å². The predicted molar refractivity (Wildman–Crippen MR) is 91.6 cm³/mol. The fraction of sp³-hybridized carbons (Fsp3) is 0.316. The van der Waals surface area contributed by atoms with Crippen LogP contribution in [0.15, 0.2) is 48.5 Å². The maximum Gasteiger partial charge on any atom is 0.231 e. The minimum atomic E-state index is -0.300. The molecule has 0 saturated carbocycles. The van der Waals surface area contributed by atoms with Crippen molar-refractivity contribution in [2.24, 2.45) is 11.7 Å². The van der Waals surface area contributed by atoms with E-state index in [1.165, 1.54) is 0 Å². The Labute approximate surface area is 136 Å². The molecular formula is C19H22N2O2. The SMILES string of the molecule is COc1ccc2c(c1)CCN2C(=O)C(C)C(N)c1ccccc1. The summed E-state index contributed by atoms with van der Waals surface area (Å²) in [6.45, 7) is 2.61. The Morgan fingerprint density at radius 1 is 1.22 bits per heavy atom. The van der Waals surface area contributed by atoms with Crippen LogP contribution in [0.4, 0.5) is 5.69 Å². The van der Waals surface area contributed by atoms with Crippen molar-refractivity contribution in [2.45, 2.75) is 19.4 Å². The fourth-order valence-electron chi connectivity index (χ4n) is 3.10. The molecule has 0 spiro atoms. The van der Waals surface area contributed by atoms with Crippen LogP contribution in [0.2, 0.25) is 0 Å². The highest BCUT2D eigenvalue weighted by Gasteiger charge is 2.31. The average Bonchev–Trinajstić information content (AvgIpc) is 3.03. The first-order chi connectivity index (χ1) is 11.1. The number of amides is 1. The van der Waals surface area contributed by atoms with E-state index in [1.54, 1.807) is 7.11 Å². The maximum absolute atomic E-state index is 12.9. The van der Waals surface area contributed by atoms with E-state index >= 15 is 0 Å². The number of hydrogen-bond donors (Lipinski definition) is 1. The van der Waals surface area contributed by atoms with E-state index in [0.717, 1.165) is 29.0 Å². The fourth-order valence-corrected chi connectivity index (χ4v) is 3.10. The van der Waals surface area contributed by atoms with Gasteiger partial charge >= 0.3 is 0 Å². The molecule has 23 heavy (non-hydrogen) atoms. The molecule has 2 atom stereocenters. The molecule has 0 saturated heterocycles. The van der Waals surface area contributed by atoms with Crippen LogP contribution in [0.1, 0.15) is 24.1 Å². The predicted octanol–water partition coefficient (Wildman–Crippen LogP) is 2.92. The molecular weight excluding hydrogens is 288 g/mol. The third kappa shape index (κ3) is 2.94. The first kappa shape index (κ1) is 15.6. The van der Waals surface area contributed by atoms with Gasteiger partial charge in [0.25, 0.3) is 0 Å². The zero-order valence-corrected chi connectivity index (χ0v) is 13.5. The van der Waals surface area contributed by atoms with Gasteiger partial charge in [0, 0.05) is 18.3 Å². The number of anilines is 1. The van der Waals surface area contributed by atoms with Crippen LogP contribution >= 0.6 is 0 Å². The van der Waals surface area contributed by atoms with Crippen molar-refractivity contribution in [2.75, 3.05) is 18.6 Å². The van der Waals surface area contributed by atoms with Crippen molar-refractivity contribution in [3.63, 3.8) is 0 Å². The summed E-state index contributed by atoms with van der Waals surface area (Å²) in [5.41, 5.74) is 9.42. The quantitative estimate of drug-likeness (QED) is 0.944. The minimum absolute atomic E-state index is 0.0743. The third-order valence-corrected chi connectivity index (χ3v) is 4.56. The first-order valence-electron chi connectivity index (χ1n) is 7.90. The highest BCUT2D eigenvalue weighted by Crippen LogP contribution is 2.33. The highest BCUT2D eigenvalue weighted by atomic mass is 16.5. The summed E-state index contributed by atoms with van der Waals surface area (Å²) in [6, 6.07) is 15.3. The second-order valence-corrected chi connectivity index (χ2v) is 5.96. The number of methoxy groups -OCH3 is 1. The minimum Gasteiger partial charge on any atom is -0.497 e. The maximum atomic E-state index is 12.9. The lowest BCUT2D eigenvalue weighted by molar-refractivity contribution is -0.122. The zero-order chi connectivity index (χ0) is 16.4. The Bertz CT molecular complexity index is 700. The largest absolute Gasteiger partial charge is 0.497 e. The molecule has 4 nitrogen and oxygen atoms in total. The van der Waals surface area contributed by atoms with Gasteiger partial charge in [0.1, 0.15) is 5.75 Å². The second-order valence-electron chi connectivity index (χ2n) is 5.96. The molecule has 2 N–H and O–H groups in total. The molecule has 3 rings (SSSR count). The molecule has 2 aromatic rings. The number of rotatable bonds is 4. The van der Waals surface area contributed by atoms with Gasteiger partial charge in [-0.15, -0.1) is 0 Å². The van der Waals surface area contributed by atoms with E-state index < -0.39 is 0 Å². The number of hydrogen-bond acceptors (Lipinski definition) is 3. The summed E-state index contributed by atoms with van der Waals surface area (Å²) < 4.78 is 5.26. The van der Waals surface area contributed by atoms with Gasteiger partial charge in [0.2, 0.25) is 5.91 Å². The van der Waals surface area contributed by atoms with E-state index in [1.807, 2.05) is 60.4 Å². The Morgan fingerprint density at radius 2 is 1.96 bits per heavy atom. The van der Waals surface area contributed by atoms with Crippen LogP contribution in [-0.2, 0) is 11.2 Å². The molecule has 0 aliphatic carbocycles. The molecule has 0 fully saturated rings. The second kappa shape index (κ2) is 6.42. The summed E-state index contributed by atoms with van der Waals surface area (Å²) >= 11 is 0. The Kier molecular flexibility index (Phi) is 4.35. The molecule has 4 heteroatoms. The van der Waals surface area contributed by atoms with Crippen molar-refractivity contribution < 1.29 is 9.53 Å². The summed E-state index contributed by atoms with van der Waals surface area (Å²) in [6.07, 6.45) is 0.853. The molecule has 0 bridgehead atoms. The topological polar surface area (TPSA) is 55.6 Å².